The van der Waals surface area contributed by atoms with Crippen LogP contribution < -0.4 is 10.9 Å². The number of hydrogen-bond acceptors (Lipinski definition) is 6. The zero-order chi connectivity index (χ0) is 18.1. The molecule has 0 unspecified atom stereocenters. The maximum Gasteiger partial charge on any atom is 0.259 e. The second-order valence-electron chi connectivity index (χ2n) is 6.28. The zero-order valence-electron chi connectivity index (χ0n) is 14.4. The van der Waals surface area contributed by atoms with E-state index in [4.69, 9.17) is 0 Å². The number of nitrogens with one attached hydrogen (secondary N) is 2. The van der Waals surface area contributed by atoms with E-state index >= 15 is 0 Å². The van der Waals surface area contributed by atoms with Gasteiger partial charge in [0, 0.05) is 36.4 Å². The van der Waals surface area contributed by atoms with E-state index in [1.54, 1.807) is 47.1 Å². The van der Waals surface area contributed by atoms with Crippen LogP contribution in [0.15, 0.2) is 17.1 Å². The molecule has 4 rings (SSSR count). The van der Waals surface area contributed by atoms with Crippen molar-refractivity contribution in [3.05, 3.63) is 38.9 Å². The largest absolute Gasteiger partial charge is 0.309 e. The predicted molar refractivity (Wildman–Crippen MR) is 105 cm³/mol. The number of fused-ring (bicyclic) bond motifs is 3. The molecule has 3 heterocycles. The van der Waals surface area contributed by atoms with Gasteiger partial charge in [-0.2, -0.15) is 16.9 Å². The minimum atomic E-state index is -0.0669. The van der Waals surface area contributed by atoms with Gasteiger partial charge in [-0.3, -0.25) is 14.3 Å². The molecular formula is C17H19N5O2S2. The fourth-order valence-electron chi connectivity index (χ4n) is 3.14. The van der Waals surface area contributed by atoms with Crippen molar-refractivity contribution in [2.75, 3.05) is 11.1 Å². The maximum atomic E-state index is 12.4. The van der Waals surface area contributed by atoms with Crippen LogP contribution in [0.2, 0.25) is 0 Å². The van der Waals surface area contributed by atoms with Crippen LogP contribution in [0.5, 0.6) is 0 Å². The molecule has 0 aliphatic heterocycles. The van der Waals surface area contributed by atoms with Crippen LogP contribution in [0.25, 0.3) is 10.2 Å². The molecule has 3 aromatic heterocycles. The molecule has 136 valence electrons. The third-order valence-electron chi connectivity index (χ3n) is 4.32. The summed E-state index contributed by atoms with van der Waals surface area (Å²) in [5, 5.41) is 7.66. The highest BCUT2D eigenvalue weighted by molar-refractivity contribution is 7.98. The summed E-state index contributed by atoms with van der Waals surface area (Å²) >= 11 is 3.23. The third-order valence-corrected chi connectivity index (χ3v) is 6.47. The first-order valence-corrected chi connectivity index (χ1v) is 10.5. The van der Waals surface area contributed by atoms with Gasteiger partial charge in [0.15, 0.2) is 5.82 Å². The second kappa shape index (κ2) is 7.24. The summed E-state index contributed by atoms with van der Waals surface area (Å²) < 4.78 is 1.64. The standard InChI is InChI=1S/C17H19N5O2S2/c1-22-7-5-12(21-22)18-14(23)6-8-25-9-13-19-16(24)15-10-3-2-4-11(10)26-17(15)20-13/h5,7H,2-4,6,8-9H2,1H3,(H,18,21,23)(H,19,20,24). The average Bonchev–Trinajstić information content (AvgIpc) is 3.27. The highest BCUT2D eigenvalue weighted by atomic mass is 32.2. The molecule has 0 spiro atoms. The summed E-state index contributed by atoms with van der Waals surface area (Å²) in [6.45, 7) is 0. The van der Waals surface area contributed by atoms with Crippen molar-refractivity contribution in [3.8, 4) is 0 Å². The van der Waals surface area contributed by atoms with Crippen LogP contribution in [-0.2, 0) is 30.4 Å². The van der Waals surface area contributed by atoms with Crippen molar-refractivity contribution in [1.82, 2.24) is 19.7 Å². The van der Waals surface area contributed by atoms with Crippen LogP contribution in [0.1, 0.15) is 29.1 Å². The van der Waals surface area contributed by atoms with Gasteiger partial charge >= 0.3 is 0 Å². The minimum absolute atomic E-state index is 0.0297. The number of carbonyl (C=O) groups is 1. The first-order chi connectivity index (χ1) is 12.6. The molecule has 1 aliphatic rings. The van der Waals surface area contributed by atoms with E-state index in [-0.39, 0.29) is 11.5 Å². The van der Waals surface area contributed by atoms with Crippen molar-refractivity contribution >= 4 is 45.0 Å². The number of H-pyrrole nitrogens is 1. The van der Waals surface area contributed by atoms with Crippen LogP contribution in [-0.4, -0.2) is 31.4 Å². The quantitative estimate of drug-likeness (QED) is 0.632. The lowest BCUT2D eigenvalue weighted by Crippen LogP contribution is -2.13. The molecule has 0 bridgehead atoms. The number of anilines is 1. The molecule has 1 aliphatic carbocycles. The summed E-state index contributed by atoms with van der Waals surface area (Å²) in [6, 6.07) is 1.76. The Bertz CT molecular complexity index is 1020. The summed E-state index contributed by atoms with van der Waals surface area (Å²) in [4.78, 5) is 34.0. The minimum Gasteiger partial charge on any atom is -0.309 e. The Labute approximate surface area is 158 Å². The Morgan fingerprint density at radius 2 is 2.35 bits per heavy atom. The topological polar surface area (TPSA) is 92.7 Å². The van der Waals surface area contributed by atoms with Crippen LogP contribution >= 0.6 is 23.1 Å². The molecule has 3 aromatic rings. The van der Waals surface area contributed by atoms with Crippen molar-refractivity contribution in [3.63, 3.8) is 0 Å². The number of nitrogens with zero attached hydrogens (tertiary/aromatic N) is 3. The number of hydrogen-bond donors (Lipinski definition) is 2. The first-order valence-electron chi connectivity index (χ1n) is 8.51. The van der Waals surface area contributed by atoms with Crippen molar-refractivity contribution in [1.29, 1.82) is 0 Å². The fourth-order valence-corrected chi connectivity index (χ4v) is 5.22. The fraction of sp³-hybridized carbons (Fsp3) is 0.412. The molecule has 0 atom stereocenters. The molecule has 0 fully saturated rings. The van der Waals surface area contributed by atoms with Gasteiger partial charge < -0.3 is 10.3 Å². The number of aromatic nitrogens is 4. The lowest BCUT2D eigenvalue weighted by molar-refractivity contribution is -0.115. The SMILES string of the molecule is Cn1ccc(NC(=O)CCSCc2nc3sc4c(c3c(=O)[nH]2)CCC4)n1. The van der Waals surface area contributed by atoms with Crippen LogP contribution in [0.4, 0.5) is 5.82 Å². The number of aryl methyl sites for hydroxylation is 3. The highest BCUT2D eigenvalue weighted by Crippen LogP contribution is 2.34. The Balaban J connectivity index is 1.32. The monoisotopic (exact) mass is 389 g/mol. The van der Waals surface area contributed by atoms with E-state index in [0.717, 1.165) is 29.5 Å². The molecule has 1 amide bonds. The Morgan fingerprint density at radius 1 is 1.46 bits per heavy atom. The van der Waals surface area contributed by atoms with Gasteiger partial charge in [0.25, 0.3) is 5.56 Å². The van der Waals surface area contributed by atoms with E-state index in [0.29, 0.717) is 29.6 Å². The first kappa shape index (κ1) is 17.3. The number of rotatable bonds is 6. The number of aromatic amines is 1. The van der Waals surface area contributed by atoms with Gasteiger partial charge in [-0.25, -0.2) is 4.98 Å². The predicted octanol–water partition coefficient (Wildman–Crippen LogP) is 2.47. The lowest BCUT2D eigenvalue weighted by atomic mass is 10.2. The number of thiophene rings is 1. The number of carbonyl (C=O) groups excluding carboxylic acids is 1. The molecule has 0 saturated heterocycles. The summed E-state index contributed by atoms with van der Waals surface area (Å²) in [6.07, 6.45) is 5.35. The van der Waals surface area contributed by atoms with Gasteiger partial charge in [-0.15, -0.1) is 11.3 Å². The van der Waals surface area contributed by atoms with Gasteiger partial charge in [0.2, 0.25) is 5.91 Å². The van der Waals surface area contributed by atoms with Gasteiger partial charge in [-0.1, -0.05) is 0 Å². The normalized spacial score (nSPS) is 13.3. The van der Waals surface area contributed by atoms with Gasteiger partial charge in [0.05, 0.1) is 11.1 Å². The number of amides is 1. The Kier molecular flexibility index (Phi) is 4.82. The van der Waals surface area contributed by atoms with E-state index in [1.165, 1.54) is 10.4 Å². The van der Waals surface area contributed by atoms with E-state index in [9.17, 15) is 9.59 Å². The maximum absolute atomic E-state index is 12.4. The lowest BCUT2D eigenvalue weighted by Gasteiger charge is -2.03. The molecule has 9 heteroatoms. The summed E-state index contributed by atoms with van der Waals surface area (Å²) in [5.41, 5.74) is 1.17. The van der Waals surface area contributed by atoms with Crippen molar-refractivity contribution in [2.24, 2.45) is 7.05 Å². The molecular weight excluding hydrogens is 370 g/mol. The molecule has 0 radical (unpaired) electrons. The Hall–Kier alpha value is -2.13. The van der Waals surface area contributed by atoms with Crippen LogP contribution in [0, 0.1) is 0 Å². The van der Waals surface area contributed by atoms with E-state index in [2.05, 4.69) is 20.4 Å². The number of thioether (sulfide) groups is 1. The van der Waals surface area contributed by atoms with E-state index < -0.39 is 0 Å². The molecule has 7 nitrogen and oxygen atoms in total. The second-order valence-corrected chi connectivity index (χ2v) is 8.46. The third kappa shape index (κ3) is 3.54. The van der Waals surface area contributed by atoms with Crippen molar-refractivity contribution < 1.29 is 4.79 Å². The smallest absolute Gasteiger partial charge is 0.259 e. The average molecular weight is 390 g/mol. The molecule has 0 saturated carbocycles. The zero-order valence-corrected chi connectivity index (χ0v) is 16.0. The van der Waals surface area contributed by atoms with Gasteiger partial charge in [-0.05, 0) is 24.8 Å². The molecule has 0 aromatic carbocycles. The molecule has 2 N–H and O–H groups in total. The summed E-state index contributed by atoms with van der Waals surface area (Å²) in [7, 11) is 1.80. The van der Waals surface area contributed by atoms with E-state index in [1.807, 2.05) is 0 Å². The molecule has 26 heavy (non-hydrogen) atoms. The van der Waals surface area contributed by atoms with Crippen LogP contribution in [0.3, 0.4) is 0 Å². The van der Waals surface area contributed by atoms with Gasteiger partial charge in [0.1, 0.15) is 10.7 Å². The Morgan fingerprint density at radius 3 is 3.15 bits per heavy atom. The van der Waals surface area contributed by atoms with Crippen molar-refractivity contribution in [2.45, 2.75) is 31.4 Å². The summed E-state index contributed by atoms with van der Waals surface area (Å²) in [5.74, 6) is 2.41. The highest BCUT2D eigenvalue weighted by Gasteiger charge is 2.21.